The third-order valence-electron chi connectivity index (χ3n) is 3.05. The highest BCUT2D eigenvalue weighted by molar-refractivity contribution is 14.0. The summed E-state index contributed by atoms with van der Waals surface area (Å²) in [6.45, 7) is 6.69. The summed E-state index contributed by atoms with van der Waals surface area (Å²) in [5.41, 5.74) is 1.86. The van der Waals surface area contributed by atoms with E-state index in [2.05, 4.69) is 20.9 Å². The van der Waals surface area contributed by atoms with Gasteiger partial charge in [0.1, 0.15) is 0 Å². The lowest BCUT2D eigenvalue weighted by molar-refractivity contribution is -0.116. The van der Waals surface area contributed by atoms with Crippen LogP contribution < -0.4 is 16.0 Å². The third-order valence-corrected chi connectivity index (χ3v) is 3.05. The van der Waals surface area contributed by atoms with Gasteiger partial charge in [0, 0.05) is 32.3 Å². The second-order valence-electron chi connectivity index (χ2n) is 5.11. The van der Waals surface area contributed by atoms with Gasteiger partial charge < -0.3 is 20.7 Å². The van der Waals surface area contributed by atoms with Crippen LogP contribution in [0.3, 0.4) is 0 Å². The first-order valence-electron chi connectivity index (χ1n) is 8.09. The van der Waals surface area contributed by atoms with E-state index in [4.69, 9.17) is 4.74 Å². The Morgan fingerprint density at radius 1 is 1.25 bits per heavy atom. The van der Waals surface area contributed by atoms with Gasteiger partial charge in [-0.05, 0) is 31.0 Å². The second kappa shape index (κ2) is 14.0. The molecule has 0 aromatic heterocycles. The van der Waals surface area contributed by atoms with Crippen molar-refractivity contribution in [2.24, 2.45) is 4.99 Å². The van der Waals surface area contributed by atoms with Crippen LogP contribution in [0.1, 0.15) is 32.3 Å². The fourth-order valence-electron chi connectivity index (χ4n) is 1.98. The Labute approximate surface area is 161 Å². The fraction of sp³-hybridized carbons (Fsp3) is 0.529. The van der Waals surface area contributed by atoms with Crippen LogP contribution in [0.25, 0.3) is 0 Å². The molecule has 0 saturated carbocycles. The van der Waals surface area contributed by atoms with Crippen molar-refractivity contribution in [3.05, 3.63) is 29.8 Å². The van der Waals surface area contributed by atoms with Gasteiger partial charge in [-0.15, -0.1) is 24.0 Å². The van der Waals surface area contributed by atoms with Crippen LogP contribution in [0.2, 0.25) is 0 Å². The average Bonchev–Trinajstić information content (AvgIpc) is 2.53. The lowest BCUT2D eigenvalue weighted by Crippen LogP contribution is -2.38. The number of amides is 1. The number of benzene rings is 1. The van der Waals surface area contributed by atoms with Gasteiger partial charge in [0.05, 0.1) is 13.2 Å². The minimum absolute atomic E-state index is 0. The Bertz CT molecular complexity index is 509. The smallest absolute Gasteiger partial charge is 0.224 e. The summed E-state index contributed by atoms with van der Waals surface area (Å²) >= 11 is 0. The first-order valence-corrected chi connectivity index (χ1v) is 8.09. The zero-order valence-corrected chi connectivity index (χ0v) is 17.1. The molecule has 0 aliphatic heterocycles. The Morgan fingerprint density at radius 2 is 2.04 bits per heavy atom. The lowest BCUT2D eigenvalue weighted by Gasteiger charge is -2.11. The van der Waals surface area contributed by atoms with E-state index < -0.39 is 0 Å². The van der Waals surface area contributed by atoms with Crippen molar-refractivity contribution in [2.75, 3.05) is 32.1 Å². The standard InChI is InChI=1S/C17H28N4O2.HI/c1-4-7-16(22)21-15-9-6-8-14(12-15)13-20-17(18-5-2)19-10-11-23-3;/h6,8-9,12H,4-5,7,10-11,13H2,1-3H3,(H,21,22)(H2,18,19,20);1H. The molecule has 7 heteroatoms. The molecule has 0 heterocycles. The molecule has 0 bridgehead atoms. The molecule has 0 fully saturated rings. The van der Waals surface area contributed by atoms with Crippen LogP contribution in [0.5, 0.6) is 0 Å². The normalized spacial score (nSPS) is 10.7. The molecule has 0 atom stereocenters. The van der Waals surface area contributed by atoms with E-state index in [1.807, 2.05) is 38.1 Å². The van der Waals surface area contributed by atoms with Crippen molar-refractivity contribution in [2.45, 2.75) is 33.2 Å². The van der Waals surface area contributed by atoms with E-state index in [0.29, 0.717) is 26.1 Å². The van der Waals surface area contributed by atoms with Gasteiger partial charge >= 0.3 is 0 Å². The molecule has 0 aliphatic rings. The van der Waals surface area contributed by atoms with E-state index in [-0.39, 0.29) is 29.9 Å². The van der Waals surface area contributed by atoms with Crippen LogP contribution in [0.4, 0.5) is 5.69 Å². The van der Waals surface area contributed by atoms with Crippen molar-refractivity contribution >= 4 is 41.5 Å². The third kappa shape index (κ3) is 9.71. The first-order chi connectivity index (χ1) is 11.2. The molecule has 1 aromatic rings. The number of aliphatic imine (C=N–C) groups is 1. The highest BCUT2D eigenvalue weighted by atomic mass is 127. The molecular weight excluding hydrogens is 419 g/mol. The van der Waals surface area contributed by atoms with E-state index in [1.54, 1.807) is 7.11 Å². The van der Waals surface area contributed by atoms with Gasteiger partial charge in [-0.1, -0.05) is 19.1 Å². The average molecular weight is 448 g/mol. The van der Waals surface area contributed by atoms with Gasteiger partial charge in [0.2, 0.25) is 5.91 Å². The van der Waals surface area contributed by atoms with Crippen LogP contribution in [-0.2, 0) is 16.1 Å². The van der Waals surface area contributed by atoms with Gasteiger partial charge in [0.25, 0.3) is 0 Å². The number of nitrogens with zero attached hydrogens (tertiary/aromatic N) is 1. The molecule has 6 nitrogen and oxygen atoms in total. The molecule has 3 N–H and O–H groups in total. The summed E-state index contributed by atoms with van der Waals surface area (Å²) in [7, 11) is 1.67. The van der Waals surface area contributed by atoms with Gasteiger partial charge in [0.15, 0.2) is 5.96 Å². The Balaban J connectivity index is 0.00000529. The second-order valence-corrected chi connectivity index (χ2v) is 5.11. The van der Waals surface area contributed by atoms with Crippen LogP contribution in [-0.4, -0.2) is 38.7 Å². The van der Waals surface area contributed by atoms with E-state index in [0.717, 1.165) is 30.2 Å². The number of halogens is 1. The zero-order chi connectivity index (χ0) is 16.9. The highest BCUT2D eigenvalue weighted by Gasteiger charge is 2.02. The molecule has 0 spiro atoms. The predicted molar refractivity (Wildman–Crippen MR) is 110 cm³/mol. The molecule has 0 radical (unpaired) electrons. The summed E-state index contributed by atoms with van der Waals surface area (Å²) in [4.78, 5) is 16.2. The summed E-state index contributed by atoms with van der Waals surface area (Å²) in [5, 5.41) is 9.29. The predicted octanol–water partition coefficient (Wildman–Crippen LogP) is 2.74. The number of methoxy groups -OCH3 is 1. The molecule has 1 aromatic carbocycles. The lowest BCUT2D eigenvalue weighted by atomic mass is 10.2. The number of nitrogens with one attached hydrogen (secondary N) is 3. The molecule has 0 unspecified atom stereocenters. The van der Waals surface area contributed by atoms with E-state index in [9.17, 15) is 4.79 Å². The van der Waals surface area contributed by atoms with E-state index in [1.165, 1.54) is 0 Å². The Kier molecular flexibility index (Phi) is 13.2. The molecule has 136 valence electrons. The minimum Gasteiger partial charge on any atom is -0.383 e. The highest BCUT2D eigenvalue weighted by Crippen LogP contribution is 2.12. The van der Waals surface area contributed by atoms with E-state index >= 15 is 0 Å². The summed E-state index contributed by atoms with van der Waals surface area (Å²) in [5.74, 6) is 0.799. The number of carbonyl (C=O) groups excluding carboxylic acids is 1. The van der Waals surface area contributed by atoms with Crippen LogP contribution in [0.15, 0.2) is 29.3 Å². The number of guanidine groups is 1. The number of carbonyl (C=O) groups is 1. The summed E-state index contributed by atoms with van der Waals surface area (Å²) < 4.78 is 5.02. The fourth-order valence-corrected chi connectivity index (χ4v) is 1.98. The zero-order valence-electron chi connectivity index (χ0n) is 14.7. The van der Waals surface area contributed by atoms with Crippen LogP contribution >= 0.6 is 24.0 Å². The van der Waals surface area contributed by atoms with Crippen molar-refractivity contribution in [1.82, 2.24) is 10.6 Å². The Hall–Kier alpha value is -1.35. The molecule has 1 rings (SSSR count). The topological polar surface area (TPSA) is 74.8 Å². The van der Waals surface area contributed by atoms with Gasteiger partial charge in [-0.3, -0.25) is 4.79 Å². The number of ether oxygens (including phenoxy) is 1. The summed E-state index contributed by atoms with van der Waals surface area (Å²) in [6, 6.07) is 7.77. The molecular formula is C17H29IN4O2. The molecule has 0 aliphatic carbocycles. The minimum atomic E-state index is 0. The van der Waals surface area contributed by atoms with Crippen molar-refractivity contribution in [3.63, 3.8) is 0 Å². The number of anilines is 1. The van der Waals surface area contributed by atoms with Gasteiger partial charge in [-0.2, -0.15) is 0 Å². The molecule has 0 saturated heterocycles. The van der Waals surface area contributed by atoms with Gasteiger partial charge in [-0.25, -0.2) is 4.99 Å². The maximum atomic E-state index is 11.7. The maximum Gasteiger partial charge on any atom is 0.224 e. The van der Waals surface area contributed by atoms with Crippen molar-refractivity contribution in [3.8, 4) is 0 Å². The Morgan fingerprint density at radius 3 is 2.71 bits per heavy atom. The number of rotatable bonds is 9. The first kappa shape index (κ1) is 22.6. The largest absolute Gasteiger partial charge is 0.383 e. The van der Waals surface area contributed by atoms with Crippen LogP contribution in [0, 0.1) is 0 Å². The quantitative estimate of drug-likeness (QED) is 0.235. The maximum absolute atomic E-state index is 11.7. The summed E-state index contributed by atoms with van der Waals surface area (Å²) in [6.07, 6.45) is 1.38. The molecule has 24 heavy (non-hydrogen) atoms. The van der Waals surface area contributed by atoms with Crippen molar-refractivity contribution < 1.29 is 9.53 Å². The SMILES string of the molecule is CCCC(=O)Nc1cccc(CN=C(NCC)NCCOC)c1.I. The van der Waals surface area contributed by atoms with Crippen molar-refractivity contribution in [1.29, 1.82) is 0 Å². The molecule has 1 amide bonds. The number of hydrogen-bond acceptors (Lipinski definition) is 3. The number of hydrogen-bond donors (Lipinski definition) is 3. The monoisotopic (exact) mass is 448 g/mol.